The van der Waals surface area contributed by atoms with E-state index < -0.39 is 11.7 Å². The second-order valence-electron chi connectivity index (χ2n) is 6.00. The third-order valence-electron chi connectivity index (χ3n) is 4.30. The highest BCUT2D eigenvalue weighted by atomic mass is 35.5. The Labute approximate surface area is 153 Å². The maximum Gasteiger partial charge on any atom is 0.417 e. The van der Waals surface area contributed by atoms with Crippen LogP contribution < -0.4 is 0 Å². The molecule has 0 unspecified atom stereocenters. The van der Waals surface area contributed by atoms with E-state index >= 15 is 0 Å². The van der Waals surface area contributed by atoms with Gasteiger partial charge in [-0.1, -0.05) is 17.7 Å². The molecular formula is C17H16ClF3N4O. The van der Waals surface area contributed by atoms with Gasteiger partial charge in [-0.05, 0) is 36.6 Å². The minimum atomic E-state index is -4.53. The number of hydrogen-bond acceptors (Lipinski definition) is 3. The van der Waals surface area contributed by atoms with E-state index in [1.54, 1.807) is 15.9 Å². The van der Waals surface area contributed by atoms with E-state index in [-0.39, 0.29) is 22.5 Å². The molecule has 1 aromatic carbocycles. The van der Waals surface area contributed by atoms with Crippen molar-refractivity contribution in [3.63, 3.8) is 0 Å². The molecule has 5 nitrogen and oxygen atoms in total. The lowest BCUT2D eigenvalue weighted by molar-refractivity contribution is -0.137. The first-order valence-corrected chi connectivity index (χ1v) is 8.40. The first-order valence-electron chi connectivity index (χ1n) is 8.02. The Morgan fingerprint density at radius 2 is 2.00 bits per heavy atom. The number of piperidine rings is 1. The van der Waals surface area contributed by atoms with Gasteiger partial charge in [0.2, 0.25) is 5.91 Å². The summed E-state index contributed by atoms with van der Waals surface area (Å²) in [7, 11) is 0. The minimum absolute atomic E-state index is 0.205. The molecule has 0 radical (unpaired) electrons. The number of rotatable bonds is 3. The molecule has 0 atom stereocenters. The van der Waals surface area contributed by atoms with Crippen LogP contribution in [0.1, 0.15) is 30.0 Å². The predicted octanol–water partition coefficient (Wildman–Crippen LogP) is 3.83. The molecule has 138 valence electrons. The number of amides is 1. The molecule has 1 saturated heterocycles. The lowest BCUT2D eigenvalue weighted by Gasteiger charge is -2.31. The highest BCUT2D eigenvalue weighted by Crippen LogP contribution is 2.35. The van der Waals surface area contributed by atoms with Crippen molar-refractivity contribution < 1.29 is 18.0 Å². The van der Waals surface area contributed by atoms with Crippen LogP contribution in [0, 0.1) is 0 Å². The van der Waals surface area contributed by atoms with Crippen molar-refractivity contribution in [1.29, 1.82) is 0 Å². The van der Waals surface area contributed by atoms with Crippen LogP contribution in [-0.2, 0) is 11.0 Å². The highest BCUT2D eigenvalue weighted by Gasteiger charge is 2.33. The fourth-order valence-electron chi connectivity index (χ4n) is 2.89. The van der Waals surface area contributed by atoms with Gasteiger partial charge in [-0.15, -0.1) is 0 Å². The number of nitrogens with zero attached hydrogens (tertiary/aromatic N) is 4. The third kappa shape index (κ3) is 4.24. The lowest BCUT2D eigenvalue weighted by atomic mass is 10.1. The molecule has 0 N–H and O–H groups in total. The number of alkyl halides is 3. The summed E-state index contributed by atoms with van der Waals surface area (Å²) in [4.78, 5) is 17.9. The molecule has 0 aliphatic carbocycles. The molecule has 1 amide bonds. The van der Waals surface area contributed by atoms with Crippen molar-refractivity contribution >= 4 is 23.6 Å². The smallest absolute Gasteiger partial charge is 0.339 e. The maximum atomic E-state index is 12.9. The van der Waals surface area contributed by atoms with Gasteiger partial charge >= 0.3 is 6.18 Å². The highest BCUT2D eigenvalue weighted by molar-refractivity contribution is 6.31. The van der Waals surface area contributed by atoms with Crippen molar-refractivity contribution in [3.05, 3.63) is 53.1 Å². The molecular weight excluding hydrogens is 369 g/mol. The fourth-order valence-corrected chi connectivity index (χ4v) is 3.12. The molecule has 0 saturated carbocycles. The van der Waals surface area contributed by atoms with Crippen LogP contribution in [-0.4, -0.2) is 38.7 Å². The Bertz CT molecular complexity index is 797. The van der Waals surface area contributed by atoms with Gasteiger partial charge in [0.1, 0.15) is 12.7 Å². The van der Waals surface area contributed by atoms with Gasteiger partial charge in [0.15, 0.2) is 0 Å². The number of halogens is 4. The van der Waals surface area contributed by atoms with Gasteiger partial charge in [0, 0.05) is 19.2 Å². The largest absolute Gasteiger partial charge is 0.417 e. The van der Waals surface area contributed by atoms with E-state index in [9.17, 15) is 18.0 Å². The monoisotopic (exact) mass is 384 g/mol. The van der Waals surface area contributed by atoms with Crippen LogP contribution in [0.4, 0.5) is 13.2 Å². The normalized spacial score (nSPS) is 16.4. The Morgan fingerprint density at radius 3 is 2.62 bits per heavy atom. The molecule has 2 aromatic rings. The third-order valence-corrected chi connectivity index (χ3v) is 4.63. The fraction of sp³-hybridized carbons (Fsp3) is 0.353. The summed E-state index contributed by atoms with van der Waals surface area (Å²) in [5, 5.41) is 3.74. The van der Waals surface area contributed by atoms with Gasteiger partial charge < -0.3 is 4.90 Å². The van der Waals surface area contributed by atoms with Crippen LogP contribution >= 0.6 is 11.6 Å². The Kier molecular flexibility index (Phi) is 5.31. The molecule has 2 heterocycles. The van der Waals surface area contributed by atoms with Crippen LogP contribution in [0.3, 0.4) is 0 Å². The molecule has 0 spiro atoms. The van der Waals surface area contributed by atoms with Crippen molar-refractivity contribution in [2.24, 2.45) is 0 Å². The van der Waals surface area contributed by atoms with Crippen LogP contribution in [0.25, 0.3) is 6.08 Å². The minimum Gasteiger partial charge on any atom is -0.339 e. The van der Waals surface area contributed by atoms with Crippen molar-refractivity contribution in [3.8, 4) is 0 Å². The number of likely N-dealkylation sites (tertiary alicyclic amines) is 1. The summed E-state index contributed by atoms with van der Waals surface area (Å²) >= 11 is 5.59. The second kappa shape index (κ2) is 7.49. The quantitative estimate of drug-likeness (QED) is 0.756. The van der Waals surface area contributed by atoms with Gasteiger partial charge in [0.25, 0.3) is 0 Å². The first kappa shape index (κ1) is 18.4. The summed E-state index contributed by atoms with van der Waals surface area (Å²) in [6, 6.07) is 3.76. The summed E-state index contributed by atoms with van der Waals surface area (Å²) < 4.78 is 40.4. The van der Waals surface area contributed by atoms with Crippen LogP contribution in [0.15, 0.2) is 36.9 Å². The standard InChI is InChI=1S/C17H16ClF3N4O/c18-15-3-1-12(9-14(15)17(19,20)21)2-4-16(26)24-7-5-13(6-8-24)25-11-22-10-23-25/h1-4,9-11,13H,5-8H2/b4-2-. The molecule has 1 aliphatic rings. The number of aromatic nitrogens is 3. The molecule has 1 aromatic heterocycles. The van der Waals surface area contributed by atoms with Gasteiger partial charge in [0.05, 0.1) is 16.6 Å². The Balaban J connectivity index is 1.62. The number of carbonyl (C=O) groups excluding carboxylic acids is 1. The summed E-state index contributed by atoms with van der Waals surface area (Å²) in [6.07, 6.45) is 2.76. The van der Waals surface area contributed by atoms with Crippen LogP contribution in [0.5, 0.6) is 0 Å². The summed E-state index contributed by atoms with van der Waals surface area (Å²) in [5.74, 6) is -0.231. The van der Waals surface area contributed by atoms with Crippen molar-refractivity contribution in [2.45, 2.75) is 25.1 Å². The average Bonchev–Trinajstić information content (AvgIpc) is 3.14. The topological polar surface area (TPSA) is 51.0 Å². The molecule has 1 aliphatic heterocycles. The second-order valence-corrected chi connectivity index (χ2v) is 6.41. The SMILES string of the molecule is O=C(/C=C\c1ccc(Cl)c(C(F)(F)F)c1)N1CCC(n2cncn2)CC1. The molecule has 3 rings (SSSR count). The maximum absolute atomic E-state index is 12.9. The zero-order chi connectivity index (χ0) is 18.7. The predicted molar refractivity (Wildman–Crippen MR) is 90.4 cm³/mol. The van der Waals surface area contributed by atoms with Crippen LogP contribution in [0.2, 0.25) is 5.02 Å². The number of benzene rings is 1. The molecule has 9 heteroatoms. The lowest BCUT2D eigenvalue weighted by Crippen LogP contribution is -2.38. The average molecular weight is 385 g/mol. The van der Waals surface area contributed by atoms with E-state index in [1.807, 2.05) is 0 Å². The Hall–Kier alpha value is -2.35. The van der Waals surface area contributed by atoms with E-state index in [0.29, 0.717) is 13.1 Å². The van der Waals surface area contributed by atoms with Gasteiger partial charge in [-0.25, -0.2) is 9.67 Å². The van der Waals surface area contributed by atoms with E-state index in [4.69, 9.17) is 11.6 Å². The van der Waals surface area contributed by atoms with Crippen molar-refractivity contribution in [1.82, 2.24) is 19.7 Å². The Morgan fingerprint density at radius 1 is 1.27 bits per heavy atom. The number of carbonyl (C=O) groups is 1. The molecule has 0 bridgehead atoms. The first-order chi connectivity index (χ1) is 12.3. The zero-order valence-corrected chi connectivity index (χ0v) is 14.4. The van der Waals surface area contributed by atoms with E-state index in [1.165, 1.54) is 30.6 Å². The zero-order valence-electron chi connectivity index (χ0n) is 13.7. The van der Waals surface area contributed by atoms with E-state index in [2.05, 4.69) is 10.1 Å². The van der Waals surface area contributed by atoms with Gasteiger partial charge in [-0.3, -0.25) is 4.79 Å². The van der Waals surface area contributed by atoms with E-state index in [0.717, 1.165) is 18.9 Å². The molecule has 26 heavy (non-hydrogen) atoms. The summed E-state index contributed by atoms with van der Waals surface area (Å²) in [6.45, 7) is 1.12. The number of hydrogen-bond donors (Lipinski definition) is 0. The molecule has 1 fully saturated rings. The van der Waals surface area contributed by atoms with Crippen molar-refractivity contribution in [2.75, 3.05) is 13.1 Å². The van der Waals surface area contributed by atoms with Gasteiger partial charge in [-0.2, -0.15) is 18.3 Å². The summed E-state index contributed by atoms with van der Waals surface area (Å²) in [5.41, 5.74) is -0.644.